The van der Waals surface area contributed by atoms with Gasteiger partial charge in [-0.15, -0.1) is 0 Å². The minimum atomic E-state index is -0.144. The fraction of sp³-hybridized carbons (Fsp3) is 1.00. The van der Waals surface area contributed by atoms with Crippen LogP contribution in [0.25, 0.3) is 0 Å². The van der Waals surface area contributed by atoms with Crippen molar-refractivity contribution in [3.8, 4) is 0 Å². The van der Waals surface area contributed by atoms with Crippen LogP contribution < -0.4 is 0 Å². The third kappa shape index (κ3) is 2.94. The van der Waals surface area contributed by atoms with Crippen molar-refractivity contribution in [2.45, 2.75) is 51.4 Å². The zero-order chi connectivity index (χ0) is 10.8. The molecule has 1 N–H and O–H groups in total. The highest BCUT2D eigenvalue weighted by atomic mass is 16.5. The van der Waals surface area contributed by atoms with E-state index in [0.717, 1.165) is 19.4 Å². The molecule has 0 amide bonds. The molecule has 3 nitrogen and oxygen atoms in total. The second kappa shape index (κ2) is 4.60. The second-order valence-corrected chi connectivity index (χ2v) is 5.00. The molecule has 14 heavy (non-hydrogen) atoms. The highest BCUT2D eigenvalue weighted by molar-refractivity contribution is 4.82. The lowest BCUT2D eigenvalue weighted by molar-refractivity contribution is 0.00120. The largest absolute Gasteiger partial charge is 0.394 e. The van der Waals surface area contributed by atoms with Crippen LogP contribution in [0.5, 0.6) is 0 Å². The number of ether oxygens (including phenoxy) is 1. The molecule has 0 aromatic rings. The van der Waals surface area contributed by atoms with Gasteiger partial charge in [0.2, 0.25) is 0 Å². The average Bonchev–Trinajstić information content (AvgIpc) is 2.51. The molecule has 84 valence electrons. The lowest BCUT2D eigenvalue weighted by Gasteiger charge is -2.35. The van der Waals surface area contributed by atoms with Crippen LogP contribution in [0, 0.1) is 0 Å². The molecule has 1 heterocycles. The predicted molar refractivity (Wildman–Crippen MR) is 57.4 cm³/mol. The van der Waals surface area contributed by atoms with Gasteiger partial charge in [0, 0.05) is 12.1 Å². The van der Waals surface area contributed by atoms with Gasteiger partial charge in [0.15, 0.2) is 0 Å². The van der Waals surface area contributed by atoms with E-state index >= 15 is 0 Å². The van der Waals surface area contributed by atoms with Gasteiger partial charge in [0.1, 0.15) is 0 Å². The number of rotatable bonds is 4. The highest BCUT2D eigenvalue weighted by Crippen LogP contribution is 2.22. The first-order valence-corrected chi connectivity index (χ1v) is 5.43. The Hall–Kier alpha value is -0.120. The fourth-order valence-corrected chi connectivity index (χ4v) is 1.69. The van der Waals surface area contributed by atoms with Gasteiger partial charge in [-0.25, -0.2) is 0 Å². The van der Waals surface area contributed by atoms with Gasteiger partial charge in [-0.3, -0.25) is 4.90 Å². The van der Waals surface area contributed by atoms with E-state index < -0.39 is 0 Å². The number of nitrogens with zero attached hydrogens (tertiary/aromatic N) is 1. The summed E-state index contributed by atoms with van der Waals surface area (Å²) < 4.78 is 5.75. The van der Waals surface area contributed by atoms with Crippen LogP contribution >= 0.6 is 0 Å². The summed E-state index contributed by atoms with van der Waals surface area (Å²) in [5, 5.41) is 9.21. The predicted octanol–water partition coefficient (Wildman–Crippen LogP) is 1.26. The normalized spacial score (nSPS) is 28.7. The van der Waals surface area contributed by atoms with E-state index in [4.69, 9.17) is 4.74 Å². The van der Waals surface area contributed by atoms with Gasteiger partial charge in [-0.05, 0) is 40.7 Å². The maximum atomic E-state index is 9.21. The van der Waals surface area contributed by atoms with Crippen molar-refractivity contribution >= 4 is 0 Å². The van der Waals surface area contributed by atoms with E-state index in [1.807, 2.05) is 20.9 Å². The third-order valence-electron chi connectivity index (χ3n) is 3.22. The SMILES string of the molecule is CC1CCC(CN(C)C(C)(C)CO)O1. The van der Waals surface area contributed by atoms with Crippen LogP contribution in [0.15, 0.2) is 0 Å². The molecule has 1 saturated heterocycles. The number of hydrogen-bond acceptors (Lipinski definition) is 3. The van der Waals surface area contributed by atoms with Crippen molar-refractivity contribution < 1.29 is 9.84 Å². The maximum absolute atomic E-state index is 9.21. The van der Waals surface area contributed by atoms with Crippen molar-refractivity contribution in [1.82, 2.24) is 4.90 Å². The number of aliphatic hydroxyl groups excluding tert-OH is 1. The first-order chi connectivity index (χ1) is 6.45. The molecule has 1 fully saturated rings. The molecule has 0 radical (unpaired) electrons. The Morgan fingerprint density at radius 2 is 2.07 bits per heavy atom. The Kier molecular flexibility index (Phi) is 3.93. The number of hydrogen-bond donors (Lipinski definition) is 1. The quantitative estimate of drug-likeness (QED) is 0.743. The van der Waals surface area contributed by atoms with Gasteiger partial charge >= 0.3 is 0 Å². The summed E-state index contributed by atoms with van der Waals surface area (Å²) in [6.45, 7) is 7.32. The highest BCUT2D eigenvalue weighted by Gasteiger charge is 2.28. The van der Waals surface area contributed by atoms with Crippen LogP contribution in [0.4, 0.5) is 0 Å². The van der Waals surface area contributed by atoms with Crippen LogP contribution in [0.2, 0.25) is 0 Å². The Bertz CT molecular complexity index is 182. The van der Waals surface area contributed by atoms with E-state index in [0.29, 0.717) is 12.2 Å². The van der Waals surface area contributed by atoms with E-state index in [1.165, 1.54) is 0 Å². The summed E-state index contributed by atoms with van der Waals surface area (Å²) in [6.07, 6.45) is 3.07. The first-order valence-electron chi connectivity index (χ1n) is 5.43. The Labute approximate surface area is 87.1 Å². The summed E-state index contributed by atoms with van der Waals surface area (Å²) in [7, 11) is 2.04. The molecule has 2 atom stereocenters. The van der Waals surface area contributed by atoms with Gasteiger partial charge < -0.3 is 9.84 Å². The smallest absolute Gasteiger partial charge is 0.0706 e. The standard InChI is InChI=1S/C11H23NO2/c1-9-5-6-10(14-9)7-12(4)11(2,3)8-13/h9-10,13H,5-8H2,1-4H3. The third-order valence-corrected chi connectivity index (χ3v) is 3.22. The van der Waals surface area contributed by atoms with E-state index in [9.17, 15) is 5.11 Å². The van der Waals surface area contributed by atoms with E-state index in [2.05, 4.69) is 11.8 Å². The molecule has 0 bridgehead atoms. The fourth-order valence-electron chi connectivity index (χ4n) is 1.69. The Balaban J connectivity index is 2.37. The molecular weight excluding hydrogens is 178 g/mol. The van der Waals surface area contributed by atoms with Crippen molar-refractivity contribution in [3.63, 3.8) is 0 Å². The Morgan fingerprint density at radius 1 is 1.43 bits per heavy atom. The first kappa shape index (κ1) is 12.0. The molecule has 0 aliphatic carbocycles. The molecule has 3 heteroatoms. The Morgan fingerprint density at radius 3 is 2.50 bits per heavy atom. The average molecular weight is 201 g/mol. The monoisotopic (exact) mass is 201 g/mol. The minimum Gasteiger partial charge on any atom is -0.394 e. The molecule has 2 unspecified atom stereocenters. The molecular formula is C11H23NO2. The number of aliphatic hydroxyl groups is 1. The summed E-state index contributed by atoms with van der Waals surface area (Å²) >= 11 is 0. The summed E-state index contributed by atoms with van der Waals surface area (Å²) in [5.41, 5.74) is -0.144. The van der Waals surface area contributed by atoms with Gasteiger partial charge in [-0.1, -0.05) is 0 Å². The zero-order valence-electron chi connectivity index (χ0n) is 9.79. The minimum absolute atomic E-state index is 0.144. The molecule has 1 rings (SSSR count). The lowest BCUT2D eigenvalue weighted by Crippen LogP contribution is -2.47. The van der Waals surface area contributed by atoms with Crippen molar-refractivity contribution in [2.75, 3.05) is 20.2 Å². The van der Waals surface area contributed by atoms with Crippen molar-refractivity contribution in [3.05, 3.63) is 0 Å². The molecule has 1 aliphatic rings. The van der Waals surface area contributed by atoms with E-state index in [-0.39, 0.29) is 12.1 Å². The van der Waals surface area contributed by atoms with Crippen LogP contribution in [-0.2, 0) is 4.74 Å². The second-order valence-electron chi connectivity index (χ2n) is 5.00. The summed E-state index contributed by atoms with van der Waals surface area (Å²) in [5.74, 6) is 0. The maximum Gasteiger partial charge on any atom is 0.0706 e. The molecule has 0 spiro atoms. The van der Waals surface area contributed by atoms with Gasteiger partial charge in [0.05, 0.1) is 18.8 Å². The zero-order valence-corrected chi connectivity index (χ0v) is 9.79. The molecule has 1 aliphatic heterocycles. The van der Waals surface area contributed by atoms with Crippen LogP contribution in [0.1, 0.15) is 33.6 Å². The molecule has 0 aromatic heterocycles. The van der Waals surface area contributed by atoms with Crippen LogP contribution in [-0.4, -0.2) is 48.0 Å². The molecule has 0 aromatic carbocycles. The van der Waals surface area contributed by atoms with Gasteiger partial charge in [0.25, 0.3) is 0 Å². The van der Waals surface area contributed by atoms with Crippen molar-refractivity contribution in [1.29, 1.82) is 0 Å². The topological polar surface area (TPSA) is 32.7 Å². The summed E-state index contributed by atoms with van der Waals surface area (Å²) in [6, 6.07) is 0. The lowest BCUT2D eigenvalue weighted by atomic mass is 10.0. The van der Waals surface area contributed by atoms with Crippen molar-refractivity contribution in [2.24, 2.45) is 0 Å². The van der Waals surface area contributed by atoms with E-state index in [1.54, 1.807) is 0 Å². The van der Waals surface area contributed by atoms with Crippen LogP contribution in [0.3, 0.4) is 0 Å². The van der Waals surface area contributed by atoms with Gasteiger partial charge in [-0.2, -0.15) is 0 Å². The summed E-state index contributed by atoms with van der Waals surface area (Å²) in [4.78, 5) is 2.18. The number of likely N-dealkylation sites (N-methyl/N-ethyl adjacent to an activating group) is 1. The molecule has 0 saturated carbocycles.